The number of benzene rings is 1. The zero-order chi connectivity index (χ0) is 14.8. The molecule has 3 heteroatoms. The summed E-state index contributed by atoms with van der Waals surface area (Å²) in [7, 11) is 0. The van der Waals surface area contributed by atoms with Crippen LogP contribution in [0, 0.1) is 17.3 Å². The molecule has 0 radical (unpaired) electrons. The van der Waals surface area contributed by atoms with Crippen molar-refractivity contribution in [3.63, 3.8) is 0 Å². The first-order valence-electron chi connectivity index (χ1n) is 8.18. The van der Waals surface area contributed by atoms with Crippen LogP contribution >= 0.6 is 0 Å². The van der Waals surface area contributed by atoms with E-state index in [0.717, 1.165) is 32.1 Å². The Labute approximate surface area is 125 Å². The molecule has 0 aliphatic heterocycles. The summed E-state index contributed by atoms with van der Waals surface area (Å²) in [5.41, 5.74) is 2.57. The van der Waals surface area contributed by atoms with E-state index in [1.165, 1.54) is 11.1 Å². The second kappa shape index (κ2) is 4.47. The highest BCUT2D eigenvalue weighted by Crippen LogP contribution is 2.60. The predicted molar refractivity (Wildman–Crippen MR) is 80.1 cm³/mol. The van der Waals surface area contributed by atoms with E-state index < -0.39 is 12.2 Å². The third kappa shape index (κ3) is 1.80. The van der Waals surface area contributed by atoms with Gasteiger partial charge in [0.1, 0.15) is 5.75 Å². The molecule has 21 heavy (non-hydrogen) atoms. The topological polar surface area (TPSA) is 60.7 Å². The zero-order valence-electron chi connectivity index (χ0n) is 12.5. The molecule has 0 aromatic heterocycles. The number of hydrogen-bond acceptors (Lipinski definition) is 3. The van der Waals surface area contributed by atoms with E-state index in [0.29, 0.717) is 23.5 Å². The van der Waals surface area contributed by atoms with Crippen LogP contribution in [0.1, 0.15) is 49.7 Å². The maximum absolute atomic E-state index is 10.4. The first kappa shape index (κ1) is 13.6. The second-order valence-electron chi connectivity index (χ2n) is 7.59. The molecular formula is C18H24O3. The summed E-state index contributed by atoms with van der Waals surface area (Å²) in [6.45, 7) is 2.17. The maximum Gasteiger partial charge on any atom is 0.115 e. The van der Waals surface area contributed by atoms with Crippen LogP contribution in [-0.2, 0) is 6.42 Å². The molecule has 1 aromatic carbocycles. The Bertz CT molecular complexity index is 570. The summed E-state index contributed by atoms with van der Waals surface area (Å²) in [6, 6.07) is 5.80. The molecule has 1 aromatic rings. The summed E-state index contributed by atoms with van der Waals surface area (Å²) in [4.78, 5) is 0. The number of fused-ring (bicyclic) bond motifs is 5. The Morgan fingerprint density at radius 2 is 2.00 bits per heavy atom. The van der Waals surface area contributed by atoms with E-state index in [2.05, 4.69) is 13.0 Å². The normalized spacial score (nSPS) is 44.8. The summed E-state index contributed by atoms with van der Waals surface area (Å²) in [5.74, 6) is 1.88. The lowest BCUT2D eigenvalue weighted by atomic mass is 9.55. The standard InChI is InChI=1S/C18H24O3/c1-18-7-6-13-12-5-3-11(19)8-10(12)2-4-14(13)15(18)9-16(20)17(18)21/h3,5,8,13-17,19-21H,2,4,6-7,9H2,1H3/t13?,14?,15?,16-,17-,18?/m1/s1. The van der Waals surface area contributed by atoms with Crippen molar-refractivity contribution in [2.75, 3.05) is 0 Å². The largest absolute Gasteiger partial charge is 0.508 e. The number of aliphatic hydroxyl groups is 2. The summed E-state index contributed by atoms with van der Waals surface area (Å²) >= 11 is 0. The summed E-state index contributed by atoms with van der Waals surface area (Å²) < 4.78 is 0. The average molecular weight is 288 g/mol. The van der Waals surface area contributed by atoms with E-state index in [4.69, 9.17) is 0 Å². The molecule has 3 aliphatic rings. The van der Waals surface area contributed by atoms with Gasteiger partial charge in [0.2, 0.25) is 0 Å². The van der Waals surface area contributed by atoms with Crippen LogP contribution in [0.15, 0.2) is 18.2 Å². The van der Waals surface area contributed by atoms with Crippen LogP contribution in [0.3, 0.4) is 0 Å². The van der Waals surface area contributed by atoms with Gasteiger partial charge in [-0.05, 0) is 78.5 Å². The fourth-order valence-electron chi connectivity index (χ4n) is 5.56. The smallest absolute Gasteiger partial charge is 0.115 e. The number of rotatable bonds is 0. The Kier molecular flexibility index (Phi) is 2.89. The second-order valence-corrected chi connectivity index (χ2v) is 7.59. The van der Waals surface area contributed by atoms with Crippen molar-refractivity contribution in [1.29, 1.82) is 0 Å². The molecule has 2 fully saturated rings. The van der Waals surface area contributed by atoms with Gasteiger partial charge in [0, 0.05) is 0 Å². The fourth-order valence-corrected chi connectivity index (χ4v) is 5.56. The lowest BCUT2D eigenvalue weighted by Crippen LogP contribution is -2.44. The van der Waals surface area contributed by atoms with Crippen molar-refractivity contribution >= 4 is 0 Å². The van der Waals surface area contributed by atoms with Gasteiger partial charge in [0.05, 0.1) is 12.2 Å². The number of phenolic OH excluding ortho intramolecular Hbond substituents is 1. The maximum atomic E-state index is 10.4. The van der Waals surface area contributed by atoms with Gasteiger partial charge in [-0.3, -0.25) is 0 Å². The summed E-state index contributed by atoms with van der Waals surface area (Å²) in [6.07, 6.45) is 3.80. The number of aliphatic hydroxyl groups excluding tert-OH is 2. The minimum atomic E-state index is -0.565. The lowest BCUT2D eigenvalue weighted by Gasteiger charge is -2.49. The molecule has 3 N–H and O–H groups in total. The van der Waals surface area contributed by atoms with E-state index in [9.17, 15) is 15.3 Å². The Morgan fingerprint density at radius 1 is 1.19 bits per heavy atom. The number of aromatic hydroxyl groups is 1. The molecule has 0 saturated heterocycles. The third-order valence-electron chi connectivity index (χ3n) is 6.68. The van der Waals surface area contributed by atoms with Gasteiger partial charge in [-0.25, -0.2) is 0 Å². The Balaban J connectivity index is 1.71. The van der Waals surface area contributed by atoms with Crippen molar-refractivity contribution in [2.45, 2.75) is 57.2 Å². The van der Waals surface area contributed by atoms with Crippen molar-refractivity contribution in [3.8, 4) is 5.75 Å². The van der Waals surface area contributed by atoms with E-state index in [1.807, 2.05) is 6.07 Å². The monoisotopic (exact) mass is 288 g/mol. The molecule has 0 heterocycles. The van der Waals surface area contributed by atoms with Crippen LogP contribution in [0.2, 0.25) is 0 Å². The molecule has 114 valence electrons. The highest BCUT2D eigenvalue weighted by Gasteiger charge is 2.57. The van der Waals surface area contributed by atoms with Gasteiger partial charge in [-0.1, -0.05) is 13.0 Å². The zero-order valence-corrected chi connectivity index (χ0v) is 12.5. The molecule has 3 nitrogen and oxygen atoms in total. The van der Waals surface area contributed by atoms with Gasteiger partial charge >= 0.3 is 0 Å². The molecule has 0 bridgehead atoms. The quantitative estimate of drug-likeness (QED) is 0.687. The molecule has 0 spiro atoms. The fraction of sp³-hybridized carbons (Fsp3) is 0.667. The minimum Gasteiger partial charge on any atom is -0.508 e. The molecule has 4 rings (SSSR count). The highest BCUT2D eigenvalue weighted by atomic mass is 16.3. The van der Waals surface area contributed by atoms with Crippen molar-refractivity contribution in [1.82, 2.24) is 0 Å². The molecule has 6 atom stereocenters. The van der Waals surface area contributed by atoms with Crippen molar-refractivity contribution in [3.05, 3.63) is 29.3 Å². The molecule has 3 aliphatic carbocycles. The Morgan fingerprint density at radius 3 is 2.81 bits per heavy atom. The van der Waals surface area contributed by atoms with Crippen molar-refractivity contribution in [2.24, 2.45) is 17.3 Å². The number of phenols is 1. The van der Waals surface area contributed by atoms with Crippen LogP contribution in [-0.4, -0.2) is 27.5 Å². The molecule has 0 amide bonds. The predicted octanol–water partition coefficient (Wildman–Crippen LogP) is 2.58. The molecule has 2 saturated carbocycles. The van der Waals surface area contributed by atoms with Crippen LogP contribution in [0.5, 0.6) is 5.75 Å². The van der Waals surface area contributed by atoms with Gasteiger partial charge in [0.15, 0.2) is 0 Å². The van der Waals surface area contributed by atoms with E-state index in [-0.39, 0.29) is 5.41 Å². The minimum absolute atomic E-state index is 0.116. The third-order valence-corrected chi connectivity index (χ3v) is 6.68. The van der Waals surface area contributed by atoms with Gasteiger partial charge in [0.25, 0.3) is 0 Å². The van der Waals surface area contributed by atoms with Gasteiger partial charge in [-0.2, -0.15) is 0 Å². The van der Waals surface area contributed by atoms with Crippen LogP contribution in [0.4, 0.5) is 0 Å². The number of hydrogen-bond donors (Lipinski definition) is 3. The lowest BCUT2D eigenvalue weighted by molar-refractivity contribution is -0.0505. The number of aryl methyl sites for hydroxylation is 1. The first-order chi connectivity index (χ1) is 10.0. The molecule has 4 unspecified atom stereocenters. The summed E-state index contributed by atoms with van der Waals surface area (Å²) in [5, 5.41) is 30.2. The van der Waals surface area contributed by atoms with E-state index >= 15 is 0 Å². The van der Waals surface area contributed by atoms with Crippen LogP contribution in [0.25, 0.3) is 0 Å². The average Bonchev–Trinajstić information content (AvgIpc) is 2.70. The van der Waals surface area contributed by atoms with Gasteiger partial charge in [-0.15, -0.1) is 0 Å². The highest BCUT2D eigenvalue weighted by molar-refractivity contribution is 5.40. The SMILES string of the molecule is CC12CCC3c4ccc(O)cc4CCC3C1C[C@@H](O)[C@H]2O. The van der Waals surface area contributed by atoms with Crippen LogP contribution < -0.4 is 0 Å². The Hall–Kier alpha value is -1.06. The van der Waals surface area contributed by atoms with Gasteiger partial charge < -0.3 is 15.3 Å². The van der Waals surface area contributed by atoms with Crippen molar-refractivity contribution < 1.29 is 15.3 Å². The van der Waals surface area contributed by atoms with E-state index in [1.54, 1.807) is 6.07 Å². The molecular weight excluding hydrogens is 264 g/mol. The first-order valence-corrected chi connectivity index (χ1v) is 8.18.